The Kier molecular flexibility index (Phi) is 4.82. The highest BCUT2D eigenvalue weighted by Gasteiger charge is 2.14. The van der Waals surface area contributed by atoms with Gasteiger partial charge in [-0.3, -0.25) is 0 Å². The van der Waals surface area contributed by atoms with E-state index in [-0.39, 0.29) is 6.29 Å². The zero-order valence-electron chi connectivity index (χ0n) is 11.6. The van der Waals surface area contributed by atoms with Crippen LogP contribution in [0.4, 0.5) is 0 Å². The average molecular weight is 264 g/mol. The van der Waals surface area contributed by atoms with E-state index in [1.165, 1.54) is 0 Å². The zero-order valence-corrected chi connectivity index (χ0v) is 11.6. The number of hydrogen-bond acceptors (Lipinski definition) is 4. The Morgan fingerprint density at radius 1 is 1.21 bits per heavy atom. The predicted octanol–water partition coefficient (Wildman–Crippen LogP) is 3.22. The van der Waals surface area contributed by atoms with Gasteiger partial charge in [-0.05, 0) is 44.0 Å². The van der Waals surface area contributed by atoms with Gasteiger partial charge in [-0.25, -0.2) is 0 Å². The topological polar surface area (TPSA) is 36.9 Å². The fourth-order valence-corrected chi connectivity index (χ4v) is 1.95. The van der Waals surface area contributed by atoms with E-state index in [1.807, 2.05) is 45.0 Å². The molecule has 0 saturated carbocycles. The van der Waals surface area contributed by atoms with Crippen molar-refractivity contribution < 1.29 is 18.9 Å². The molecule has 0 aliphatic carbocycles. The van der Waals surface area contributed by atoms with Gasteiger partial charge in [0.2, 0.25) is 6.79 Å². The lowest BCUT2D eigenvalue weighted by Gasteiger charge is -2.17. The first-order valence-corrected chi connectivity index (χ1v) is 6.55. The Morgan fingerprint density at radius 2 is 1.89 bits per heavy atom. The molecule has 0 atom stereocenters. The van der Waals surface area contributed by atoms with Crippen LogP contribution in [0.5, 0.6) is 11.5 Å². The molecule has 1 aromatic carbocycles. The van der Waals surface area contributed by atoms with Crippen LogP contribution in [0.1, 0.15) is 26.3 Å². The highest BCUT2D eigenvalue weighted by molar-refractivity contribution is 5.58. The van der Waals surface area contributed by atoms with E-state index in [2.05, 4.69) is 0 Å². The smallest absolute Gasteiger partial charge is 0.231 e. The molecule has 0 amide bonds. The molecule has 1 heterocycles. The Hall–Kier alpha value is -1.52. The summed E-state index contributed by atoms with van der Waals surface area (Å²) in [5.74, 6) is 1.58. The maximum atomic E-state index is 5.56. The summed E-state index contributed by atoms with van der Waals surface area (Å²) in [5.41, 5.74) is 2.08. The molecular formula is C15H20O4. The van der Waals surface area contributed by atoms with Crippen molar-refractivity contribution in [3.8, 4) is 11.5 Å². The van der Waals surface area contributed by atoms with Crippen LogP contribution >= 0.6 is 0 Å². The lowest BCUT2D eigenvalue weighted by molar-refractivity contribution is -0.110. The third-order valence-electron chi connectivity index (χ3n) is 2.80. The summed E-state index contributed by atoms with van der Waals surface area (Å²) >= 11 is 0. The van der Waals surface area contributed by atoms with Gasteiger partial charge in [-0.1, -0.05) is 12.1 Å². The lowest BCUT2D eigenvalue weighted by Crippen LogP contribution is -2.18. The lowest BCUT2D eigenvalue weighted by atomic mass is 10.1. The van der Waals surface area contributed by atoms with Gasteiger partial charge in [-0.2, -0.15) is 0 Å². The van der Waals surface area contributed by atoms with Gasteiger partial charge in [0, 0.05) is 13.2 Å². The van der Waals surface area contributed by atoms with E-state index in [9.17, 15) is 0 Å². The molecule has 4 nitrogen and oxygen atoms in total. The summed E-state index contributed by atoms with van der Waals surface area (Å²) in [7, 11) is 0. The predicted molar refractivity (Wildman–Crippen MR) is 73.3 cm³/mol. The van der Waals surface area contributed by atoms with E-state index < -0.39 is 0 Å². The van der Waals surface area contributed by atoms with Crippen LogP contribution in [-0.4, -0.2) is 26.3 Å². The molecule has 0 spiro atoms. The second-order valence-corrected chi connectivity index (χ2v) is 4.24. The van der Waals surface area contributed by atoms with Crippen molar-refractivity contribution in [3.05, 3.63) is 29.3 Å². The summed E-state index contributed by atoms with van der Waals surface area (Å²) in [6, 6.07) is 5.87. The van der Waals surface area contributed by atoms with Crippen molar-refractivity contribution in [2.24, 2.45) is 0 Å². The summed E-state index contributed by atoms with van der Waals surface area (Å²) in [4.78, 5) is 0. The summed E-state index contributed by atoms with van der Waals surface area (Å²) in [6.07, 6.45) is 1.75. The summed E-state index contributed by atoms with van der Waals surface area (Å²) in [6.45, 7) is 7.45. The van der Waals surface area contributed by atoms with Crippen molar-refractivity contribution in [2.75, 3.05) is 20.0 Å². The SMILES string of the molecule is CCOC(OCC)/C(C)=C/c1ccc2c(c1)OCO2. The van der Waals surface area contributed by atoms with Gasteiger partial charge in [-0.15, -0.1) is 0 Å². The Bertz CT molecular complexity index is 447. The number of rotatable bonds is 6. The van der Waals surface area contributed by atoms with Crippen LogP contribution in [0, 0.1) is 0 Å². The summed E-state index contributed by atoms with van der Waals surface area (Å²) < 4.78 is 21.8. The first kappa shape index (κ1) is 13.9. The van der Waals surface area contributed by atoms with E-state index in [0.29, 0.717) is 20.0 Å². The fraction of sp³-hybridized carbons (Fsp3) is 0.467. The normalized spacial score (nSPS) is 14.2. The van der Waals surface area contributed by atoms with E-state index in [1.54, 1.807) is 0 Å². The molecule has 0 N–H and O–H groups in total. The third-order valence-corrected chi connectivity index (χ3v) is 2.80. The monoisotopic (exact) mass is 264 g/mol. The molecule has 2 rings (SSSR count). The molecule has 104 valence electrons. The molecule has 0 fully saturated rings. The van der Waals surface area contributed by atoms with Crippen LogP contribution in [0.15, 0.2) is 23.8 Å². The van der Waals surface area contributed by atoms with Crippen LogP contribution < -0.4 is 9.47 Å². The fourth-order valence-electron chi connectivity index (χ4n) is 1.95. The largest absolute Gasteiger partial charge is 0.454 e. The highest BCUT2D eigenvalue weighted by atomic mass is 16.7. The molecule has 0 unspecified atom stereocenters. The van der Waals surface area contributed by atoms with Crippen LogP contribution in [0.25, 0.3) is 6.08 Å². The number of benzene rings is 1. The van der Waals surface area contributed by atoms with Crippen LogP contribution in [-0.2, 0) is 9.47 Å². The van der Waals surface area contributed by atoms with Crippen LogP contribution in [0.2, 0.25) is 0 Å². The molecule has 0 bridgehead atoms. The molecule has 19 heavy (non-hydrogen) atoms. The van der Waals surface area contributed by atoms with Crippen LogP contribution in [0.3, 0.4) is 0 Å². The Balaban J connectivity index is 2.14. The molecular weight excluding hydrogens is 244 g/mol. The molecule has 1 aromatic rings. The molecule has 0 saturated heterocycles. The first-order chi connectivity index (χ1) is 9.24. The van der Waals surface area contributed by atoms with E-state index >= 15 is 0 Å². The Morgan fingerprint density at radius 3 is 2.58 bits per heavy atom. The van der Waals surface area contributed by atoms with Crippen molar-refractivity contribution in [2.45, 2.75) is 27.1 Å². The molecule has 4 heteroatoms. The maximum absolute atomic E-state index is 5.56. The number of hydrogen-bond donors (Lipinski definition) is 0. The molecule has 1 aliphatic rings. The van der Waals surface area contributed by atoms with Crippen molar-refractivity contribution in [1.82, 2.24) is 0 Å². The van der Waals surface area contributed by atoms with E-state index in [4.69, 9.17) is 18.9 Å². The second-order valence-electron chi connectivity index (χ2n) is 4.24. The quantitative estimate of drug-likeness (QED) is 0.739. The van der Waals surface area contributed by atoms with Crippen molar-refractivity contribution in [3.63, 3.8) is 0 Å². The third kappa shape index (κ3) is 3.49. The first-order valence-electron chi connectivity index (χ1n) is 6.55. The molecule has 0 aromatic heterocycles. The van der Waals surface area contributed by atoms with Gasteiger partial charge in [0.15, 0.2) is 17.8 Å². The molecule has 1 aliphatic heterocycles. The standard InChI is InChI=1S/C15H20O4/c1-4-16-15(17-5-2)11(3)8-12-6-7-13-14(9-12)19-10-18-13/h6-9,15H,4-5,10H2,1-3H3/b11-8+. The minimum absolute atomic E-state index is 0.291. The Labute approximate surface area is 113 Å². The zero-order chi connectivity index (χ0) is 13.7. The van der Waals surface area contributed by atoms with Crippen molar-refractivity contribution >= 4 is 6.08 Å². The average Bonchev–Trinajstić information content (AvgIpc) is 2.86. The van der Waals surface area contributed by atoms with Gasteiger partial charge >= 0.3 is 0 Å². The molecule has 0 radical (unpaired) electrons. The number of fused-ring (bicyclic) bond motifs is 1. The second kappa shape index (κ2) is 6.59. The van der Waals surface area contributed by atoms with Gasteiger partial charge in [0.25, 0.3) is 0 Å². The van der Waals surface area contributed by atoms with Gasteiger partial charge < -0.3 is 18.9 Å². The number of ether oxygens (including phenoxy) is 4. The maximum Gasteiger partial charge on any atom is 0.231 e. The van der Waals surface area contributed by atoms with Gasteiger partial charge in [0.05, 0.1) is 0 Å². The van der Waals surface area contributed by atoms with Crippen molar-refractivity contribution in [1.29, 1.82) is 0 Å². The highest BCUT2D eigenvalue weighted by Crippen LogP contribution is 2.33. The summed E-state index contributed by atoms with van der Waals surface area (Å²) in [5, 5.41) is 0. The minimum Gasteiger partial charge on any atom is -0.454 e. The van der Waals surface area contributed by atoms with E-state index in [0.717, 1.165) is 22.6 Å². The minimum atomic E-state index is -0.291. The van der Waals surface area contributed by atoms with Gasteiger partial charge in [0.1, 0.15) is 0 Å².